The number of ether oxygens (including phenoxy) is 1. The largest absolute Gasteiger partial charge is 0.487 e. The SMILES string of the molecule is Cn1c(COc2ccc(Cl)cc2)c(C(=O)CC2CCN(C(c3ccccc3)(c3ccccc3)c3ccccc3)CC2)c2ccccc21. The van der Waals surface area contributed by atoms with E-state index in [1.807, 2.05) is 43.4 Å². The van der Waals surface area contributed by atoms with Crippen LogP contribution in [0.5, 0.6) is 5.75 Å². The van der Waals surface area contributed by atoms with Crippen LogP contribution in [-0.4, -0.2) is 28.3 Å². The maximum atomic E-state index is 14.3. The molecule has 5 aromatic carbocycles. The number of likely N-dealkylation sites (tertiary alicyclic amines) is 1. The second kappa shape index (κ2) is 13.6. The van der Waals surface area contributed by atoms with Gasteiger partial charge in [0.2, 0.25) is 0 Å². The zero-order valence-electron chi connectivity index (χ0n) is 26.7. The summed E-state index contributed by atoms with van der Waals surface area (Å²) < 4.78 is 8.28. The first-order chi connectivity index (χ1) is 23.1. The number of carbonyl (C=O) groups is 1. The van der Waals surface area contributed by atoms with Crippen LogP contribution in [0.25, 0.3) is 10.9 Å². The van der Waals surface area contributed by atoms with Gasteiger partial charge < -0.3 is 9.30 Å². The van der Waals surface area contributed by atoms with E-state index in [9.17, 15) is 4.79 Å². The number of aromatic nitrogens is 1. The molecule has 1 fully saturated rings. The van der Waals surface area contributed by atoms with Crippen molar-refractivity contribution in [1.29, 1.82) is 0 Å². The van der Waals surface area contributed by atoms with Gasteiger partial charge in [-0.05, 0) is 78.9 Å². The summed E-state index contributed by atoms with van der Waals surface area (Å²) in [6.07, 6.45) is 2.41. The number of carbonyl (C=O) groups excluding carboxylic acids is 1. The summed E-state index contributed by atoms with van der Waals surface area (Å²) >= 11 is 6.09. The normalized spacial score (nSPS) is 14.3. The Kier molecular flexibility index (Phi) is 8.97. The Morgan fingerprint density at radius 2 is 1.23 bits per heavy atom. The number of piperidine rings is 1. The molecule has 7 rings (SSSR count). The average Bonchev–Trinajstić information content (AvgIpc) is 3.41. The molecule has 0 N–H and O–H groups in total. The summed E-state index contributed by atoms with van der Waals surface area (Å²) in [5.74, 6) is 1.21. The molecule has 0 aliphatic carbocycles. The van der Waals surface area contributed by atoms with Crippen LogP contribution in [0.15, 0.2) is 140 Å². The number of para-hydroxylation sites is 1. The Bertz CT molecular complexity index is 1850. The molecule has 6 aromatic rings. The van der Waals surface area contributed by atoms with Crippen LogP contribution in [-0.2, 0) is 19.2 Å². The first-order valence-electron chi connectivity index (χ1n) is 16.4. The first-order valence-corrected chi connectivity index (χ1v) is 16.8. The molecule has 1 aromatic heterocycles. The van der Waals surface area contributed by atoms with Crippen molar-refractivity contribution in [2.45, 2.75) is 31.4 Å². The number of benzene rings is 5. The highest BCUT2D eigenvalue weighted by Crippen LogP contribution is 2.44. The third kappa shape index (κ3) is 6.00. The van der Waals surface area contributed by atoms with Gasteiger partial charge in [0.1, 0.15) is 12.4 Å². The standard InChI is InChI=1S/C42H39ClN2O2/c1-44-38-20-12-11-19-37(38)41(39(44)30-47-36-23-21-35(43)22-24-36)40(46)29-31-25-27-45(28-26-31)42(32-13-5-2-6-14-32,33-15-7-3-8-16-33)34-17-9-4-10-18-34/h2-24,31H,25-30H2,1H3. The van der Waals surface area contributed by atoms with Crippen molar-refractivity contribution < 1.29 is 9.53 Å². The lowest BCUT2D eigenvalue weighted by atomic mass is 9.74. The number of aryl methyl sites for hydroxylation is 1. The Hall–Kier alpha value is -4.64. The van der Waals surface area contributed by atoms with Gasteiger partial charge in [0.15, 0.2) is 5.78 Å². The molecule has 0 unspecified atom stereocenters. The molecule has 4 nitrogen and oxygen atoms in total. The number of halogens is 1. The fourth-order valence-corrected chi connectivity index (χ4v) is 7.66. The lowest BCUT2D eigenvalue weighted by molar-refractivity contribution is 0.0829. The Labute approximate surface area is 282 Å². The second-order valence-electron chi connectivity index (χ2n) is 12.5. The third-order valence-electron chi connectivity index (χ3n) is 9.83. The highest BCUT2D eigenvalue weighted by atomic mass is 35.5. The van der Waals surface area contributed by atoms with Gasteiger partial charge >= 0.3 is 0 Å². The van der Waals surface area contributed by atoms with Gasteiger partial charge in [-0.3, -0.25) is 9.69 Å². The minimum absolute atomic E-state index is 0.190. The van der Waals surface area contributed by atoms with Gasteiger partial charge in [0.05, 0.1) is 11.2 Å². The lowest BCUT2D eigenvalue weighted by Gasteiger charge is -2.48. The van der Waals surface area contributed by atoms with Crippen LogP contribution < -0.4 is 4.74 Å². The van der Waals surface area contributed by atoms with Crippen molar-refractivity contribution in [3.05, 3.63) is 172 Å². The minimum Gasteiger partial charge on any atom is -0.487 e. The van der Waals surface area contributed by atoms with Crippen LogP contribution in [0.2, 0.25) is 5.02 Å². The number of nitrogens with zero attached hydrogens (tertiary/aromatic N) is 2. The third-order valence-corrected chi connectivity index (χ3v) is 10.1. The fourth-order valence-electron chi connectivity index (χ4n) is 7.53. The summed E-state index contributed by atoms with van der Waals surface area (Å²) in [6, 6.07) is 48.1. The zero-order valence-corrected chi connectivity index (χ0v) is 27.4. The summed E-state index contributed by atoms with van der Waals surface area (Å²) in [4.78, 5) is 16.9. The molecule has 0 atom stereocenters. The summed E-state index contributed by atoms with van der Waals surface area (Å²) in [7, 11) is 2.02. The topological polar surface area (TPSA) is 34.5 Å². The van der Waals surface area contributed by atoms with E-state index in [1.54, 1.807) is 0 Å². The zero-order chi connectivity index (χ0) is 32.2. The van der Waals surface area contributed by atoms with E-state index in [-0.39, 0.29) is 5.78 Å². The minimum atomic E-state index is -0.430. The number of fused-ring (bicyclic) bond motifs is 1. The fraction of sp³-hybridized carbons (Fsp3) is 0.214. The van der Waals surface area contributed by atoms with E-state index < -0.39 is 5.54 Å². The Morgan fingerprint density at radius 1 is 0.723 bits per heavy atom. The molecule has 0 bridgehead atoms. The highest BCUT2D eigenvalue weighted by Gasteiger charge is 2.43. The molecular formula is C42H39ClN2O2. The van der Waals surface area contributed by atoms with Gasteiger partial charge in [-0.15, -0.1) is 0 Å². The molecule has 1 saturated heterocycles. The van der Waals surface area contributed by atoms with E-state index in [4.69, 9.17) is 16.3 Å². The smallest absolute Gasteiger partial charge is 0.165 e. The summed E-state index contributed by atoms with van der Waals surface area (Å²) in [5, 5.41) is 1.65. The van der Waals surface area contributed by atoms with Crippen LogP contribution >= 0.6 is 11.6 Å². The number of ketones is 1. The Balaban J connectivity index is 1.16. The molecule has 5 heteroatoms. The monoisotopic (exact) mass is 638 g/mol. The second-order valence-corrected chi connectivity index (χ2v) is 12.9. The van der Waals surface area contributed by atoms with Crippen LogP contribution in [0, 0.1) is 5.92 Å². The van der Waals surface area contributed by atoms with Crippen LogP contribution in [0.4, 0.5) is 0 Å². The number of rotatable bonds is 10. The molecule has 47 heavy (non-hydrogen) atoms. The van der Waals surface area contributed by atoms with Gasteiger partial charge in [0, 0.05) is 35.0 Å². The van der Waals surface area contributed by atoms with Crippen molar-refractivity contribution in [3.63, 3.8) is 0 Å². The number of hydrogen-bond donors (Lipinski definition) is 0. The van der Waals surface area contributed by atoms with Crippen molar-refractivity contribution in [3.8, 4) is 5.75 Å². The molecule has 2 heterocycles. The van der Waals surface area contributed by atoms with E-state index in [2.05, 4.69) is 113 Å². The Morgan fingerprint density at radius 3 is 1.79 bits per heavy atom. The maximum absolute atomic E-state index is 14.3. The van der Waals surface area contributed by atoms with Gasteiger partial charge in [-0.2, -0.15) is 0 Å². The predicted octanol–water partition coefficient (Wildman–Crippen LogP) is 9.69. The molecule has 1 aliphatic heterocycles. The number of Topliss-reactive ketones (excluding diaryl/α,β-unsaturated/α-hetero) is 1. The van der Waals surface area contributed by atoms with Crippen molar-refractivity contribution in [2.24, 2.45) is 13.0 Å². The summed E-state index contributed by atoms with van der Waals surface area (Å²) in [5.41, 5.74) is 6.07. The maximum Gasteiger partial charge on any atom is 0.165 e. The van der Waals surface area contributed by atoms with Gasteiger partial charge in [-0.1, -0.05) is 121 Å². The van der Waals surface area contributed by atoms with E-state index in [0.717, 1.165) is 53.8 Å². The molecule has 1 aliphatic rings. The van der Waals surface area contributed by atoms with Crippen LogP contribution in [0.1, 0.15) is 52.0 Å². The quantitative estimate of drug-likeness (QED) is 0.111. The lowest BCUT2D eigenvalue weighted by Crippen LogP contribution is -2.51. The number of hydrogen-bond acceptors (Lipinski definition) is 3. The first kappa shape index (κ1) is 31.0. The van der Waals surface area contributed by atoms with Crippen molar-refractivity contribution >= 4 is 28.3 Å². The predicted molar refractivity (Wildman–Crippen MR) is 191 cm³/mol. The van der Waals surface area contributed by atoms with Crippen molar-refractivity contribution in [1.82, 2.24) is 9.47 Å². The molecular weight excluding hydrogens is 600 g/mol. The molecule has 0 amide bonds. The highest BCUT2D eigenvalue weighted by molar-refractivity contribution is 6.30. The van der Waals surface area contributed by atoms with Gasteiger partial charge in [0.25, 0.3) is 0 Å². The molecule has 0 radical (unpaired) electrons. The van der Waals surface area contributed by atoms with Crippen LogP contribution in [0.3, 0.4) is 0 Å². The summed E-state index contributed by atoms with van der Waals surface area (Å²) in [6.45, 7) is 2.08. The molecule has 0 spiro atoms. The average molecular weight is 639 g/mol. The molecule has 0 saturated carbocycles. The molecule has 236 valence electrons. The van der Waals surface area contributed by atoms with E-state index >= 15 is 0 Å². The van der Waals surface area contributed by atoms with E-state index in [0.29, 0.717) is 24.0 Å². The van der Waals surface area contributed by atoms with Crippen molar-refractivity contribution in [2.75, 3.05) is 13.1 Å². The van der Waals surface area contributed by atoms with E-state index in [1.165, 1.54) is 16.7 Å². The van der Waals surface area contributed by atoms with Gasteiger partial charge in [-0.25, -0.2) is 0 Å².